The number of carbonyl (C=O) groups excluding carboxylic acids is 1. The lowest BCUT2D eigenvalue weighted by atomic mass is 10.3. The highest BCUT2D eigenvalue weighted by molar-refractivity contribution is 8.16. The standard InChI is InChI=1S/C14H13Cl2N5O3S2/c1-21(2)26(23,24)13-12(22)10(6-25-13)20-14(18-7-17)19-9-5-3-4-8(15)11(9)16/h3-6,13H,1-2H3,(H2,18,19,20). The quantitative estimate of drug-likeness (QED) is 0.323. The van der Waals surface area contributed by atoms with E-state index in [0.717, 1.165) is 16.1 Å². The number of sulfonamides is 1. The van der Waals surface area contributed by atoms with Crippen molar-refractivity contribution in [2.24, 2.45) is 4.99 Å². The Bertz CT molecular complexity index is 938. The molecule has 0 radical (unpaired) electrons. The summed E-state index contributed by atoms with van der Waals surface area (Å²) in [5.41, 5.74) is 0.255. The third-order valence-corrected chi connectivity index (χ3v) is 7.64. The molecule has 1 unspecified atom stereocenters. The van der Waals surface area contributed by atoms with Crippen LogP contribution in [0.5, 0.6) is 0 Å². The van der Waals surface area contributed by atoms with Gasteiger partial charge in [0.25, 0.3) is 0 Å². The van der Waals surface area contributed by atoms with Gasteiger partial charge in [0.05, 0.1) is 21.4 Å². The molecule has 0 saturated heterocycles. The monoisotopic (exact) mass is 433 g/mol. The van der Waals surface area contributed by atoms with Crippen molar-refractivity contribution in [3.8, 4) is 6.19 Å². The number of nitrogens with one attached hydrogen (secondary N) is 2. The van der Waals surface area contributed by atoms with E-state index in [-0.39, 0.29) is 27.4 Å². The number of nitriles is 1. The minimum absolute atomic E-state index is 0.00919. The van der Waals surface area contributed by atoms with Crippen LogP contribution < -0.4 is 10.6 Å². The Balaban J connectivity index is 2.27. The van der Waals surface area contributed by atoms with Gasteiger partial charge in [0, 0.05) is 19.5 Å². The Morgan fingerprint density at radius 2 is 2.08 bits per heavy atom. The van der Waals surface area contributed by atoms with Crippen LogP contribution in [0.4, 0.5) is 5.69 Å². The highest BCUT2D eigenvalue weighted by Gasteiger charge is 2.40. The molecule has 0 aromatic heterocycles. The van der Waals surface area contributed by atoms with Gasteiger partial charge in [-0.1, -0.05) is 29.3 Å². The summed E-state index contributed by atoms with van der Waals surface area (Å²) in [6.45, 7) is 0. The number of hydrogen-bond donors (Lipinski definition) is 2. The van der Waals surface area contributed by atoms with Gasteiger partial charge in [0.15, 0.2) is 10.8 Å². The maximum absolute atomic E-state index is 12.4. The molecule has 0 spiro atoms. The SMILES string of the molecule is CN(C)S(=O)(=O)C1SC=C(NC(=Nc2cccc(Cl)c2Cl)NC#N)C1=O. The summed E-state index contributed by atoms with van der Waals surface area (Å²) >= 11 is 12.8. The Hall–Kier alpha value is -1.77. The number of ketones is 1. The van der Waals surface area contributed by atoms with Crippen LogP contribution in [0.15, 0.2) is 34.3 Å². The molecule has 26 heavy (non-hydrogen) atoms. The third kappa shape index (κ3) is 4.31. The number of allylic oxidation sites excluding steroid dienone is 1. The van der Waals surface area contributed by atoms with Crippen LogP contribution in [-0.2, 0) is 14.8 Å². The van der Waals surface area contributed by atoms with Crippen LogP contribution in [0.2, 0.25) is 10.0 Å². The minimum Gasteiger partial charge on any atom is -0.322 e. The Morgan fingerprint density at radius 1 is 1.38 bits per heavy atom. The number of benzene rings is 1. The maximum Gasteiger partial charge on any atom is 0.233 e. The smallest absolute Gasteiger partial charge is 0.233 e. The number of thioether (sulfide) groups is 1. The number of halogens is 2. The molecule has 0 saturated carbocycles. The van der Waals surface area contributed by atoms with Crippen LogP contribution in [-0.4, -0.2) is 43.1 Å². The van der Waals surface area contributed by atoms with Gasteiger partial charge >= 0.3 is 0 Å². The van der Waals surface area contributed by atoms with Crippen molar-refractivity contribution in [2.45, 2.75) is 4.58 Å². The summed E-state index contributed by atoms with van der Waals surface area (Å²) < 4.78 is 24.0. The van der Waals surface area contributed by atoms with E-state index in [9.17, 15) is 13.2 Å². The lowest BCUT2D eigenvalue weighted by Crippen LogP contribution is -2.40. The molecule has 1 aromatic rings. The van der Waals surface area contributed by atoms with Crippen molar-refractivity contribution in [3.63, 3.8) is 0 Å². The summed E-state index contributed by atoms with van der Waals surface area (Å²) in [5, 5.41) is 15.6. The van der Waals surface area contributed by atoms with Gasteiger partial charge in [0.1, 0.15) is 0 Å². The van der Waals surface area contributed by atoms with Gasteiger partial charge in [-0.15, -0.1) is 11.8 Å². The predicted molar refractivity (Wildman–Crippen MR) is 103 cm³/mol. The van der Waals surface area contributed by atoms with E-state index in [1.165, 1.54) is 19.5 Å². The molecule has 2 N–H and O–H groups in total. The molecular weight excluding hydrogens is 421 g/mol. The molecule has 0 amide bonds. The lowest BCUT2D eigenvalue weighted by Gasteiger charge is -2.16. The number of Topliss-reactive ketones (excluding diaryl/α,β-unsaturated/α-hetero) is 1. The minimum atomic E-state index is -3.79. The van der Waals surface area contributed by atoms with Gasteiger partial charge in [0.2, 0.25) is 21.8 Å². The zero-order chi connectivity index (χ0) is 19.5. The van der Waals surface area contributed by atoms with E-state index in [1.807, 2.05) is 0 Å². The number of aliphatic imine (C=N–C) groups is 1. The van der Waals surface area contributed by atoms with Crippen molar-refractivity contribution in [1.29, 1.82) is 5.26 Å². The Kier molecular flexibility index (Phi) is 6.54. The molecule has 2 rings (SSSR count). The average molecular weight is 434 g/mol. The maximum atomic E-state index is 12.4. The topological polar surface area (TPSA) is 115 Å². The molecule has 1 aromatic carbocycles. The number of rotatable bonds is 4. The van der Waals surface area contributed by atoms with Gasteiger partial charge in [-0.05, 0) is 12.1 Å². The van der Waals surface area contributed by atoms with E-state index in [4.69, 9.17) is 28.5 Å². The summed E-state index contributed by atoms with van der Waals surface area (Å²) in [4.78, 5) is 16.5. The van der Waals surface area contributed by atoms with Crippen LogP contribution >= 0.6 is 35.0 Å². The van der Waals surface area contributed by atoms with Crippen molar-refractivity contribution in [3.05, 3.63) is 39.3 Å². The molecular formula is C14H13Cl2N5O3S2. The van der Waals surface area contributed by atoms with E-state index >= 15 is 0 Å². The number of nitrogens with zero attached hydrogens (tertiary/aromatic N) is 3. The van der Waals surface area contributed by atoms with Crippen molar-refractivity contribution in [2.75, 3.05) is 14.1 Å². The molecule has 138 valence electrons. The fourth-order valence-corrected chi connectivity index (χ4v) is 4.88. The fourth-order valence-electron chi connectivity index (χ4n) is 1.83. The molecule has 12 heteroatoms. The second kappa shape index (κ2) is 8.28. The molecule has 1 heterocycles. The predicted octanol–water partition coefficient (Wildman–Crippen LogP) is 2.02. The normalized spacial score (nSPS) is 17.8. The Labute approximate surface area is 164 Å². The highest BCUT2D eigenvalue weighted by Crippen LogP contribution is 2.33. The first-order valence-corrected chi connectivity index (χ1v) is 10.1. The first kappa shape index (κ1) is 20.5. The summed E-state index contributed by atoms with van der Waals surface area (Å²) in [6.07, 6.45) is 1.68. The second-order valence-electron chi connectivity index (χ2n) is 5.09. The molecule has 1 aliphatic rings. The van der Waals surface area contributed by atoms with Gasteiger partial charge < -0.3 is 5.32 Å². The first-order chi connectivity index (χ1) is 12.2. The van der Waals surface area contributed by atoms with Gasteiger partial charge in [-0.2, -0.15) is 5.26 Å². The number of carbonyl (C=O) groups is 1. The molecule has 1 aliphatic heterocycles. The second-order valence-corrected chi connectivity index (χ2v) is 9.38. The zero-order valence-electron chi connectivity index (χ0n) is 13.5. The van der Waals surface area contributed by atoms with Crippen LogP contribution in [0, 0.1) is 11.5 Å². The van der Waals surface area contributed by atoms with E-state index < -0.39 is 20.4 Å². The molecule has 0 aliphatic carbocycles. The Morgan fingerprint density at radius 3 is 2.69 bits per heavy atom. The van der Waals surface area contributed by atoms with Crippen molar-refractivity contribution < 1.29 is 13.2 Å². The van der Waals surface area contributed by atoms with E-state index in [2.05, 4.69) is 15.6 Å². The summed E-state index contributed by atoms with van der Waals surface area (Å²) in [6, 6.07) is 4.75. The van der Waals surface area contributed by atoms with Crippen LogP contribution in [0.1, 0.15) is 0 Å². The first-order valence-electron chi connectivity index (χ1n) is 6.94. The fraction of sp³-hybridized carbons (Fsp3) is 0.214. The van der Waals surface area contributed by atoms with Crippen LogP contribution in [0.3, 0.4) is 0 Å². The third-order valence-electron chi connectivity index (χ3n) is 3.16. The largest absolute Gasteiger partial charge is 0.322 e. The van der Waals surface area contributed by atoms with E-state index in [0.29, 0.717) is 0 Å². The number of guanidine groups is 1. The molecule has 1 atom stereocenters. The molecule has 0 fully saturated rings. The van der Waals surface area contributed by atoms with Gasteiger partial charge in [-0.3, -0.25) is 10.1 Å². The summed E-state index contributed by atoms with van der Waals surface area (Å²) in [5.74, 6) is -0.743. The van der Waals surface area contributed by atoms with Crippen LogP contribution in [0.25, 0.3) is 0 Å². The van der Waals surface area contributed by atoms with Crippen molar-refractivity contribution >= 4 is 62.4 Å². The lowest BCUT2D eigenvalue weighted by molar-refractivity contribution is -0.113. The molecule has 0 bridgehead atoms. The highest BCUT2D eigenvalue weighted by atomic mass is 35.5. The zero-order valence-corrected chi connectivity index (χ0v) is 16.7. The van der Waals surface area contributed by atoms with Gasteiger partial charge in [-0.25, -0.2) is 17.7 Å². The number of hydrogen-bond acceptors (Lipinski definition) is 6. The van der Waals surface area contributed by atoms with E-state index in [1.54, 1.807) is 24.4 Å². The molecule has 8 nitrogen and oxygen atoms in total. The average Bonchev–Trinajstić information content (AvgIpc) is 2.93. The summed E-state index contributed by atoms with van der Waals surface area (Å²) in [7, 11) is -1.09. The van der Waals surface area contributed by atoms with Crippen molar-refractivity contribution in [1.82, 2.24) is 14.9 Å².